The van der Waals surface area contributed by atoms with E-state index in [4.69, 9.17) is 11.5 Å². The van der Waals surface area contributed by atoms with Crippen LogP contribution in [0.25, 0.3) is 0 Å². The standard InChI is InChI=1S/C22H24F4N8O2S/c23-15-5-4-13(11-16(15)36-22(24,25)26)18(33-8-2-9-33)19(35)31-21(28)37-20(27)30-14-6-10-34(12-14)17-3-1-7-29-32-17/h1,3-5,7,11,14,18H,2,6,8-10,12H2,(H2,27,30)(H2,28,31,35). The fourth-order valence-electron chi connectivity index (χ4n) is 4.02. The topological polar surface area (TPSA) is 135 Å². The highest BCUT2D eigenvalue weighted by Gasteiger charge is 2.35. The average Bonchev–Trinajstić information content (AvgIpc) is 3.25. The van der Waals surface area contributed by atoms with E-state index in [0.717, 1.165) is 49.1 Å². The Kier molecular flexibility index (Phi) is 8.12. The number of ether oxygens (including phenoxy) is 1. The minimum Gasteiger partial charge on any atom is -0.403 e. The highest BCUT2D eigenvalue weighted by atomic mass is 32.2. The maximum Gasteiger partial charge on any atom is 0.573 e. The molecule has 1 aromatic heterocycles. The minimum absolute atomic E-state index is 0.101. The summed E-state index contributed by atoms with van der Waals surface area (Å²) in [4.78, 5) is 25.1. The predicted octanol–water partition coefficient (Wildman–Crippen LogP) is 2.43. The van der Waals surface area contributed by atoms with Gasteiger partial charge in [-0.1, -0.05) is 6.07 Å². The Bertz CT molecular complexity index is 1180. The van der Waals surface area contributed by atoms with E-state index >= 15 is 0 Å². The molecule has 0 spiro atoms. The van der Waals surface area contributed by atoms with Gasteiger partial charge in [0.05, 0.1) is 6.04 Å². The third-order valence-electron chi connectivity index (χ3n) is 5.77. The summed E-state index contributed by atoms with van der Waals surface area (Å²) in [5, 5.41) is 7.88. The van der Waals surface area contributed by atoms with Gasteiger partial charge in [0.1, 0.15) is 6.04 Å². The lowest BCUT2D eigenvalue weighted by Gasteiger charge is -2.36. The Balaban J connectivity index is 1.44. The van der Waals surface area contributed by atoms with Crippen molar-refractivity contribution >= 4 is 33.8 Å². The zero-order valence-electron chi connectivity index (χ0n) is 19.4. The van der Waals surface area contributed by atoms with Gasteiger partial charge >= 0.3 is 6.36 Å². The van der Waals surface area contributed by atoms with E-state index < -0.39 is 29.9 Å². The highest BCUT2D eigenvalue weighted by Crippen LogP contribution is 2.33. The van der Waals surface area contributed by atoms with Gasteiger partial charge < -0.3 is 21.1 Å². The number of aliphatic imine (C=N–C) groups is 2. The Morgan fingerprint density at radius 2 is 1.97 bits per heavy atom. The van der Waals surface area contributed by atoms with Crippen LogP contribution in [0.4, 0.5) is 23.4 Å². The van der Waals surface area contributed by atoms with Crippen LogP contribution in [0, 0.1) is 5.82 Å². The van der Waals surface area contributed by atoms with Crippen LogP contribution >= 0.6 is 11.8 Å². The first-order valence-electron chi connectivity index (χ1n) is 11.3. The highest BCUT2D eigenvalue weighted by molar-refractivity contribution is 8.26. The van der Waals surface area contributed by atoms with E-state index in [1.165, 1.54) is 6.07 Å². The van der Waals surface area contributed by atoms with E-state index in [9.17, 15) is 22.4 Å². The quantitative estimate of drug-likeness (QED) is 0.322. The summed E-state index contributed by atoms with van der Waals surface area (Å²) in [5.41, 5.74) is 12.0. The van der Waals surface area contributed by atoms with Crippen molar-refractivity contribution < 1.29 is 27.1 Å². The number of carbonyl (C=O) groups is 1. The number of likely N-dealkylation sites (tertiary alicyclic amines) is 1. The molecule has 2 aromatic rings. The molecule has 198 valence electrons. The summed E-state index contributed by atoms with van der Waals surface area (Å²) >= 11 is 0.811. The van der Waals surface area contributed by atoms with E-state index in [2.05, 4.69) is 24.9 Å². The van der Waals surface area contributed by atoms with Crippen molar-refractivity contribution in [2.75, 3.05) is 31.1 Å². The Hall–Kier alpha value is -3.46. The van der Waals surface area contributed by atoms with Crippen molar-refractivity contribution in [3.63, 3.8) is 0 Å². The number of hydrogen-bond acceptors (Lipinski definition) is 8. The van der Waals surface area contributed by atoms with Gasteiger partial charge in [-0.3, -0.25) is 14.7 Å². The summed E-state index contributed by atoms with van der Waals surface area (Å²) in [6.07, 6.45) is -1.98. The third kappa shape index (κ3) is 7.07. The molecule has 2 aliphatic heterocycles. The van der Waals surface area contributed by atoms with Crippen LogP contribution < -0.4 is 21.1 Å². The third-order valence-corrected chi connectivity index (χ3v) is 6.39. The Labute approximate surface area is 213 Å². The van der Waals surface area contributed by atoms with Gasteiger partial charge in [0.25, 0.3) is 5.91 Å². The summed E-state index contributed by atoms with van der Waals surface area (Å²) in [5.74, 6) is -2.22. The van der Waals surface area contributed by atoms with Crippen LogP contribution in [0.3, 0.4) is 0 Å². The lowest BCUT2D eigenvalue weighted by atomic mass is 10.0. The number of hydrogen-bond donors (Lipinski definition) is 2. The first-order valence-corrected chi connectivity index (χ1v) is 12.1. The van der Waals surface area contributed by atoms with Crippen LogP contribution in [0.15, 0.2) is 46.5 Å². The maximum atomic E-state index is 13.9. The van der Waals surface area contributed by atoms with E-state index in [1.807, 2.05) is 11.0 Å². The Morgan fingerprint density at radius 1 is 1.19 bits per heavy atom. The van der Waals surface area contributed by atoms with E-state index in [0.29, 0.717) is 19.6 Å². The number of carbonyl (C=O) groups excluding carboxylic acids is 1. The number of amides is 1. The molecular weight excluding hydrogens is 516 g/mol. The van der Waals surface area contributed by atoms with Crippen molar-refractivity contribution in [2.24, 2.45) is 21.5 Å². The number of amidine groups is 2. The molecule has 10 nitrogen and oxygen atoms in total. The smallest absolute Gasteiger partial charge is 0.403 e. The van der Waals surface area contributed by atoms with Crippen LogP contribution in [-0.4, -0.2) is 69.9 Å². The molecule has 1 aromatic carbocycles. The predicted molar refractivity (Wildman–Crippen MR) is 131 cm³/mol. The lowest BCUT2D eigenvalue weighted by molar-refractivity contribution is -0.275. The molecule has 0 saturated carbocycles. The second-order valence-corrected chi connectivity index (χ2v) is 9.40. The zero-order valence-corrected chi connectivity index (χ0v) is 20.3. The average molecular weight is 541 g/mol. The first kappa shape index (κ1) is 26.6. The fraction of sp³-hybridized carbons (Fsp3) is 0.409. The number of nitrogens with zero attached hydrogens (tertiary/aromatic N) is 6. The van der Waals surface area contributed by atoms with Crippen molar-refractivity contribution in [1.82, 2.24) is 15.1 Å². The molecule has 2 saturated heterocycles. The summed E-state index contributed by atoms with van der Waals surface area (Å²) in [7, 11) is 0. The second-order valence-electron chi connectivity index (χ2n) is 8.36. The summed E-state index contributed by atoms with van der Waals surface area (Å²) < 4.78 is 55.6. The largest absolute Gasteiger partial charge is 0.573 e. The number of aromatic nitrogens is 2. The molecule has 15 heteroatoms. The molecule has 0 aliphatic carbocycles. The number of benzene rings is 1. The van der Waals surface area contributed by atoms with Gasteiger partial charge in [-0.2, -0.15) is 10.1 Å². The summed E-state index contributed by atoms with van der Waals surface area (Å²) in [6.45, 7) is 2.33. The summed E-state index contributed by atoms with van der Waals surface area (Å²) in [6, 6.07) is 5.35. The molecule has 0 bridgehead atoms. The number of nitrogens with two attached hydrogens (primary N) is 2. The molecule has 2 fully saturated rings. The van der Waals surface area contributed by atoms with Crippen LogP contribution in [0.1, 0.15) is 24.4 Å². The lowest BCUT2D eigenvalue weighted by Crippen LogP contribution is -2.43. The van der Waals surface area contributed by atoms with Crippen molar-refractivity contribution in [3.05, 3.63) is 47.9 Å². The van der Waals surface area contributed by atoms with E-state index in [-0.39, 0.29) is 21.9 Å². The fourth-order valence-corrected chi connectivity index (χ4v) is 4.58. The molecule has 4 N–H and O–H groups in total. The number of thioether (sulfide) groups is 1. The van der Waals surface area contributed by atoms with Gasteiger partial charge in [-0.05, 0) is 54.4 Å². The van der Waals surface area contributed by atoms with Gasteiger partial charge in [-0.15, -0.1) is 18.3 Å². The molecule has 1 amide bonds. The molecule has 2 atom stereocenters. The first-order chi connectivity index (χ1) is 17.6. The number of alkyl halides is 3. The molecule has 0 radical (unpaired) electrons. The minimum atomic E-state index is -5.09. The maximum absolute atomic E-state index is 13.9. The molecule has 3 heterocycles. The second kappa shape index (κ2) is 11.3. The molecule has 4 rings (SSSR count). The van der Waals surface area contributed by atoms with Crippen LogP contribution in [-0.2, 0) is 4.79 Å². The monoisotopic (exact) mass is 540 g/mol. The van der Waals surface area contributed by atoms with Crippen molar-refractivity contribution in [1.29, 1.82) is 0 Å². The molecule has 2 unspecified atom stereocenters. The number of halogens is 4. The van der Waals surface area contributed by atoms with E-state index in [1.54, 1.807) is 17.2 Å². The molecule has 2 aliphatic rings. The molecular formula is C22H24F4N8O2S. The normalized spacial score (nSPS) is 20.0. The van der Waals surface area contributed by atoms with Gasteiger partial charge in [0, 0.05) is 32.4 Å². The van der Waals surface area contributed by atoms with Gasteiger partial charge in [-0.25, -0.2) is 4.39 Å². The van der Waals surface area contributed by atoms with Crippen LogP contribution in [0.2, 0.25) is 0 Å². The van der Waals surface area contributed by atoms with Gasteiger partial charge in [0.15, 0.2) is 27.7 Å². The SMILES string of the molecule is NC(=NC(=O)C(c1ccc(F)c(OC(F)(F)F)c1)N1CCC1)SC(N)=NC1CCN(c2cccnn2)C1. The number of rotatable bonds is 6. The van der Waals surface area contributed by atoms with Crippen LogP contribution in [0.5, 0.6) is 5.75 Å². The molecule has 37 heavy (non-hydrogen) atoms. The van der Waals surface area contributed by atoms with Gasteiger partial charge in [0.2, 0.25) is 0 Å². The zero-order chi connectivity index (χ0) is 26.6. The number of anilines is 1. The van der Waals surface area contributed by atoms with Crippen molar-refractivity contribution in [2.45, 2.75) is 31.3 Å². The Morgan fingerprint density at radius 3 is 2.62 bits per heavy atom. The van der Waals surface area contributed by atoms with Crippen molar-refractivity contribution in [3.8, 4) is 5.75 Å².